The van der Waals surface area contributed by atoms with Crippen molar-refractivity contribution >= 4 is 0 Å². The summed E-state index contributed by atoms with van der Waals surface area (Å²) in [5.74, 6) is 0. The second-order valence-electron chi connectivity index (χ2n) is 5.27. The molecule has 0 aromatic rings. The zero-order valence-electron chi connectivity index (χ0n) is 11.8. The van der Waals surface area contributed by atoms with Crippen molar-refractivity contribution in [2.24, 2.45) is 5.73 Å². The van der Waals surface area contributed by atoms with E-state index in [0.29, 0.717) is 0 Å². The molecule has 0 aliphatic heterocycles. The fourth-order valence-electron chi connectivity index (χ4n) is 2.16. The van der Waals surface area contributed by atoms with Gasteiger partial charge in [0.15, 0.2) is 0 Å². The molecule has 0 bridgehead atoms. The van der Waals surface area contributed by atoms with Crippen molar-refractivity contribution in [1.82, 2.24) is 0 Å². The Morgan fingerprint density at radius 2 is 1.18 bits per heavy atom. The second kappa shape index (κ2) is 14.0. The molecule has 0 aromatic carbocycles. The van der Waals surface area contributed by atoms with Crippen LogP contribution in [-0.2, 0) is 0 Å². The summed E-state index contributed by atoms with van der Waals surface area (Å²) in [7, 11) is 0. The molecule has 0 saturated carbocycles. The molecule has 0 heterocycles. The minimum Gasteiger partial charge on any atom is -0.395 e. The molecule has 17 heavy (non-hydrogen) atoms. The van der Waals surface area contributed by atoms with E-state index in [1.165, 1.54) is 70.6 Å². The molecule has 0 radical (unpaired) electrons. The van der Waals surface area contributed by atoms with Crippen LogP contribution in [0, 0.1) is 0 Å². The molecule has 0 aliphatic carbocycles. The van der Waals surface area contributed by atoms with Crippen LogP contribution >= 0.6 is 0 Å². The van der Waals surface area contributed by atoms with Gasteiger partial charge in [0.1, 0.15) is 0 Å². The van der Waals surface area contributed by atoms with E-state index in [-0.39, 0.29) is 12.6 Å². The molecule has 1 atom stereocenters. The molecule has 0 fully saturated rings. The number of hydrogen-bond acceptors (Lipinski definition) is 2. The average Bonchev–Trinajstić information content (AvgIpc) is 2.35. The van der Waals surface area contributed by atoms with Crippen molar-refractivity contribution in [3.05, 3.63) is 0 Å². The highest BCUT2D eigenvalue weighted by atomic mass is 16.3. The van der Waals surface area contributed by atoms with Crippen molar-refractivity contribution < 1.29 is 5.11 Å². The fourth-order valence-corrected chi connectivity index (χ4v) is 2.16. The Morgan fingerprint density at radius 1 is 0.765 bits per heavy atom. The lowest BCUT2D eigenvalue weighted by Gasteiger charge is -2.07. The minimum absolute atomic E-state index is 0.00793. The molecule has 104 valence electrons. The first-order valence-electron chi connectivity index (χ1n) is 7.67. The summed E-state index contributed by atoms with van der Waals surface area (Å²) in [5.41, 5.74) is 5.64. The van der Waals surface area contributed by atoms with Gasteiger partial charge in [0, 0.05) is 6.04 Å². The lowest BCUT2D eigenvalue weighted by molar-refractivity contribution is 0.257. The summed E-state index contributed by atoms with van der Waals surface area (Å²) in [6, 6.07) is 0.00793. The van der Waals surface area contributed by atoms with Gasteiger partial charge < -0.3 is 10.8 Å². The quantitative estimate of drug-likeness (QED) is 0.480. The Balaban J connectivity index is 2.94. The topological polar surface area (TPSA) is 46.2 Å². The van der Waals surface area contributed by atoms with Crippen LogP contribution in [0.1, 0.15) is 84.0 Å². The number of aliphatic hydroxyl groups excluding tert-OH is 1. The summed E-state index contributed by atoms with van der Waals surface area (Å²) >= 11 is 0. The van der Waals surface area contributed by atoms with Crippen molar-refractivity contribution in [2.75, 3.05) is 6.61 Å². The minimum atomic E-state index is 0.00793. The average molecular weight is 243 g/mol. The third-order valence-corrected chi connectivity index (χ3v) is 3.41. The second-order valence-corrected chi connectivity index (χ2v) is 5.27. The third-order valence-electron chi connectivity index (χ3n) is 3.41. The standard InChI is InChI=1S/C15H33NO/c1-2-3-4-5-6-7-8-9-10-11-12-13-15(16)14-17/h15,17H,2-14,16H2,1H3/t15-/m0/s1. The van der Waals surface area contributed by atoms with E-state index in [1.54, 1.807) is 0 Å². The van der Waals surface area contributed by atoms with Gasteiger partial charge in [0.05, 0.1) is 6.61 Å². The predicted octanol–water partition coefficient (Wildman–Crippen LogP) is 4.01. The zero-order chi connectivity index (χ0) is 12.8. The van der Waals surface area contributed by atoms with Crippen LogP contribution in [0.3, 0.4) is 0 Å². The van der Waals surface area contributed by atoms with Crippen LogP contribution in [0.2, 0.25) is 0 Å². The molecule has 0 rings (SSSR count). The van der Waals surface area contributed by atoms with E-state index in [0.717, 1.165) is 6.42 Å². The third kappa shape index (κ3) is 13.9. The lowest BCUT2D eigenvalue weighted by Crippen LogP contribution is -2.23. The van der Waals surface area contributed by atoms with Crippen LogP contribution in [0.4, 0.5) is 0 Å². The summed E-state index contributed by atoms with van der Waals surface area (Å²) in [5, 5.41) is 8.77. The van der Waals surface area contributed by atoms with Crippen molar-refractivity contribution in [3.63, 3.8) is 0 Å². The van der Waals surface area contributed by atoms with Crippen molar-refractivity contribution in [2.45, 2.75) is 90.0 Å². The lowest BCUT2D eigenvalue weighted by atomic mass is 10.0. The highest BCUT2D eigenvalue weighted by Gasteiger charge is 1.99. The summed E-state index contributed by atoms with van der Waals surface area (Å²) in [6.45, 7) is 2.40. The Hall–Kier alpha value is -0.0800. The van der Waals surface area contributed by atoms with Crippen molar-refractivity contribution in [3.8, 4) is 0 Å². The first-order valence-corrected chi connectivity index (χ1v) is 7.67. The molecule has 3 N–H and O–H groups in total. The molecule has 0 saturated heterocycles. The maximum atomic E-state index is 8.77. The van der Waals surface area contributed by atoms with E-state index in [1.807, 2.05) is 0 Å². The number of aliphatic hydroxyl groups is 1. The molecular weight excluding hydrogens is 210 g/mol. The molecular formula is C15H33NO. The Kier molecular flexibility index (Phi) is 13.9. The summed E-state index contributed by atoms with van der Waals surface area (Å²) in [4.78, 5) is 0. The van der Waals surface area contributed by atoms with Gasteiger partial charge in [-0.15, -0.1) is 0 Å². The van der Waals surface area contributed by atoms with E-state index >= 15 is 0 Å². The molecule has 0 aromatic heterocycles. The van der Waals surface area contributed by atoms with Gasteiger partial charge in [-0.3, -0.25) is 0 Å². The van der Waals surface area contributed by atoms with E-state index < -0.39 is 0 Å². The number of unbranched alkanes of at least 4 members (excludes halogenated alkanes) is 10. The monoisotopic (exact) mass is 243 g/mol. The zero-order valence-corrected chi connectivity index (χ0v) is 11.8. The largest absolute Gasteiger partial charge is 0.395 e. The SMILES string of the molecule is CCCCCCCCCCCCC[C@H](N)CO. The summed E-state index contributed by atoms with van der Waals surface area (Å²) in [6.07, 6.45) is 16.0. The van der Waals surface area contributed by atoms with Gasteiger partial charge in [-0.2, -0.15) is 0 Å². The van der Waals surface area contributed by atoms with Crippen LogP contribution in [-0.4, -0.2) is 17.8 Å². The van der Waals surface area contributed by atoms with E-state index in [2.05, 4.69) is 6.92 Å². The Bertz CT molecular complexity index is 139. The Labute approximate surface area is 108 Å². The van der Waals surface area contributed by atoms with Crippen LogP contribution in [0.15, 0.2) is 0 Å². The van der Waals surface area contributed by atoms with Gasteiger partial charge in [-0.05, 0) is 6.42 Å². The fraction of sp³-hybridized carbons (Fsp3) is 1.00. The van der Waals surface area contributed by atoms with Crippen LogP contribution in [0.25, 0.3) is 0 Å². The normalized spacial score (nSPS) is 12.9. The van der Waals surface area contributed by atoms with Crippen molar-refractivity contribution in [1.29, 1.82) is 0 Å². The van der Waals surface area contributed by atoms with Gasteiger partial charge in [0.2, 0.25) is 0 Å². The molecule has 2 nitrogen and oxygen atoms in total. The van der Waals surface area contributed by atoms with E-state index in [9.17, 15) is 0 Å². The summed E-state index contributed by atoms with van der Waals surface area (Å²) < 4.78 is 0. The first kappa shape index (κ1) is 16.9. The first-order chi connectivity index (χ1) is 8.31. The molecule has 2 heteroatoms. The Morgan fingerprint density at radius 3 is 1.59 bits per heavy atom. The van der Waals surface area contributed by atoms with Gasteiger partial charge in [-0.25, -0.2) is 0 Å². The maximum Gasteiger partial charge on any atom is 0.0582 e. The van der Waals surface area contributed by atoms with Crippen LogP contribution < -0.4 is 5.73 Å². The predicted molar refractivity (Wildman–Crippen MR) is 76.1 cm³/mol. The number of rotatable bonds is 13. The van der Waals surface area contributed by atoms with Gasteiger partial charge in [0.25, 0.3) is 0 Å². The smallest absolute Gasteiger partial charge is 0.0582 e. The van der Waals surface area contributed by atoms with Gasteiger partial charge in [-0.1, -0.05) is 77.6 Å². The maximum absolute atomic E-state index is 8.77. The highest BCUT2D eigenvalue weighted by Crippen LogP contribution is 2.12. The molecule has 0 aliphatic rings. The van der Waals surface area contributed by atoms with E-state index in [4.69, 9.17) is 10.8 Å². The van der Waals surface area contributed by atoms with Gasteiger partial charge >= 0.3 is 0 Å². The number of nitrogens with two attached hydrogens (primary N) is 1. The van der Waals surface area contributed by atoms with Crippen LogP contribution in [0.5, 0.6) is 0 Å². The molecule has 0 spiro atoms. The molecule has 0 amide bonds. The number of hydrogen-bond donors (Lipinski definition) is 2. The highest BCUT2D eigenvalue weighted by molar-refractivity contribution is 4.58. The molecule has 0 unspecified atom stereocenters.